The van der Waals surface area contributed by atoms with E-state index in [-0.39, 0.29) is 42.8 Å². The van der Waals surface area contributed by atoms with Gasteiger partial charge in [0.05, 0.1) is 28.9 Å². The normalized spacial score (nSPS) is 20.3. The minimum absolute atomic E-state index is 0.0319. The van der Waals surface area contributed by atoms with Crippen LogP contribution in [0.25, 0.3) is 0 Å². The van der Waals surface area contributed by atoms with Crippen LogP contribution in [0.2, 0.25) is 15.1 Å². The number of nitrogens with zero attached hydrogens (tertiary/aromatic N) is 4. The quantitative estimate of drug-likeness (QED) is 0.224. The van der Waals surface area contributed by atoms with Gasteiger partial charge in [-0.1, -0.05) is 53.0 Å². The Morgan fingerprint density at radius 3 is 2.32 bits per heavy atom. The Labute approximate surface area is 327 Å². The van der Waals surface area contributed by atoms with Crippen LogP contribution in [0.5, 0.6) is 5.75 Å². The molecular formula is C40H48Cl3N5O5. The highest BCUT2D eigenvalue weighted by molar-refractivity contribution is 6.37. The van der Waals surface area contributed by atoms with Gasteiger partial charge in [0.25, 0.3) is 0 Å². The second kappa shape index (κ2) is 16.3. The van der Waals surface area contributed by atoms with Crippen molar-refractivity contribution < 1.29 is 23.9 Å². The SMILES string of the molecule is CNC(=O)Cc1ccc(Cl)c(CN(C(=O)C2CN(C(=O)OC(C)(C)C)CCC2c2ccc(N3CC[C@H](Oc4c(Cl)cc(C)cc4Cl)C3)nc2)C2CC2)c1. The average molecular weight is 785 g/mol. The number of ether oxygens (including phenoxy) is 2. The van der Waals surface area contributed by atoms with Crippen molar-refractivity contribution in [1.82, 2.24) is 20.1 Å². The fourth-order valence-corrected chi connectivity index (χ4v) is 8.06. The van der Waals surface area contributed by atoms with Crippen molar-refractivity contribution in [1.29, 1.82) is 0 Å². The van der Waals surface area contributed by atoms with E-state index >= 15 is 0 Å². The molecule has 2 aliphatic heterocycles. The third-order valence-electron chi connectivity index (χ3n) is 10.0. The minimum atomic E-state index is -0.665. The number of piperidine rings is 1. The molecule has 3 atom stereocenters. The molecule has 0 spiro atoms. The molecular weight excluding hydrogens is 737 g/mol. The number of carbonyl (C=O) groups is 3. The van der Waals surface area contributed by atoms with Gasteiger partial charge in [-0.05, 0) is 93.5 Å². The van der Waals surface area contributed by atoms with Crippen molar-refractivity contribution in [2.24, 2.45) is 5.92 Å². The van der Waals surface area contributed by atoms with Crippen LogP contribution in [0.3, 0.4) is 0 Å². The Kier molecular flexibility index (Phi) is 12.0. The third-order valence-corrected chi connectivity index (χ3v) is 11.0. The molecule has 3 heterocycles. The highest BCUT2D eigenvalue weighted by Gasteiger charge is 2.43. The van der Waals surface area contributed by atoms with Crippen molar-refractivity contribution in [2.45, 2.75) is 90.0 Å². The van der Waals surface area contributed by atoms with E-state index in [2.05, 4.69) is 16.3 Å². The second-order valence-corrected chi connectivity index (χ2v) is 16.6. The van der Waals surface area contributed by atoms with Crippen LogP contribution in [-0.4, -0.2) is 83.7 Å². The molecule has 6 rings (SSSR count). The van der Waals surface area contributed by atoms with Crippen molar-refractivity contribution in [3.05, 3.63) is 86.0 Å². The molecule has 2 aromatic carbocycles. The Hall–Kier alpha value is -3.73. The van der Waals surface area contributed by atoms with E-state index in [9.17, 15) is 14.4 Å². The number of nitrogens with one attached hydrogen (secondary N) is 1. The number of halogens is 3. The van der Waals surface area contributed by atoms with Crippen LogP contribution in [0.4, 0.5) is 10.6 Å². The minimum Gasteiger partial charge on any atom is -0.485 e. The van der Waals surface area contributed by atoms with E-state index in [1.165, 1.54) is 0 Å². The molecule has 3 amide bonds. The predicted octanol–water partition coefficient (Wildman–Crippen LogP) is 7.83. The Bertz CT molecular complexity index is 1810. The first kappa shape index (κ1) is 39.0. The number of hydrogen-bond acceptors (Lipinski definition) is 7. The summed E-state index contributed by atoms with van der Waals surface area (Å²) in [6, 6.07) is 13.4. The number of likely N-dealkylation sites (N-methyl/N-ethyl adjacent to an activating group) is 1. The summed E-state index contributed by atoms with van der Waals surface area (Å²) in [5.41, 5.74) is 2.86. The van der Waals surface area contributed by atoms with Gasteiger partial charge in [0.2, 0.25) is 11.8 Å². The van der Waals surface area contributed by atoms with Gasteiger partial charge in [-0.15, -0.1) is 0 Å². The molecule has 1 N–H and O–H groups in total. The van der Waals surface area contributed by atoms with Crippen LogP contribution >= 0.6 is 34.8 Å². The fraction of sp³-hybridized carbons (Fsp3) is 0.500. The van der Waals surface area contributed by atoms with Gasteiger partial charge in [0, 0.05) is 62.8 Å². The van der Waals surface area contributed by atoms with Gasteiger partial charge in [-0.25, -0.2) is 9.78 Å². The average Bonchev–Trinajstić information content (AvgIpc) is 3.85. The Balaban J connectivity index is 1.21. The van der Waals surface area contributed by atoms with E-state index in [1.54, 1.807) is 18.0 Å². The number of aryl methyl sites for hydroxylation is 1. The number of anilines is 1. The molecule has 1 saturated carbocycles. The number of aromatic nitrogens is 1. The molecule has 53 heavy (non-hydrogen) atoms. The molecule has 0 radical (unpaired) electrons. The lowest BCUT2D eigenvalue weighted by Crippen LogP contribution is -2.51. The van der Waals surface area contributed by atoms with Gasteiger partial charge < -0.3 is 29.5 Å². The van der Waals surface area contributed by atoms with Crippen molar-refractivity contribution in [3.63, 3.8) is 0 Å². The van der Waals surface area contributed by atoms with Crippen LogP contribution in [0.1, 0.15) is 74.6 Å². The summed E-state index contributed by atoms with van der Waals surface area (Å²) in [4.78, 5) is 50.8. The zero-order valence-corrected chi connectivity index (χ0v) is 33.2. The number of rotatable bonds is 10. The molecule has 2 unspecified atom stereocenters. The molecule has 284 valence electrons. The second-order valence-electron chi connectivity index (χ2n) is 15.4. The Morgan fingerprint density at radius 2 is 1.68 bits per heavy atom. The summed E-state index contributed by atoms with van der Waals surface area (Å²) in [6.07, 6.45) is 4.72. The van der Waals surface area contributed by atoms with E-state index in [4.69, 9.17) is 49.3 Å². The highest BCUT2D eigenvalue weighted by Crippen LogP contribution is 2.40. The number of pyridine rings is 1. The van der Waals surface area contributed by atoms with E-state index in [1.807, 2.05) is 69.1 Å². The summed E-state index contributed by atoms with van der Waals surface area (Å²) >= 11 is 19.6. The van der Waals surface area contributed by atoms with Crippen LogP contribution in [-0.2, 0) is 27.3 Å². The van der Waals surface area contributed by atoms with Gasteiger partial charge in [0.15, 0.2) is 5.75 Å². The first-order chi connectivity index (χ1) is 25.2. The molecule has 3 aliphatic rings. The molecule has 1 aromatic heterocycles. The third kappa shape index (κ3) is 9.69. The first-order valence-corrected chi connectivity index (χ1v) is 19.4. The number of carbonyl (C=O) groups excluding carboxylic acids is 3. The summed E-state index contributed by atoms with van der Waals surface area (Å²) in [7, 11) is 1.61. The molecule has 10 nitrogen and oxygen atoms in total. The van der Waals surface area contributed by atoms with E-state index < -0.39 is 17.6 Å². The lowest BCUT2D eigenvalue weighted by molar-refractivity contribution is -0.139. The van der Waals surface area contributed by atoms with Crippen LogP contribution in [0, 0.1) is 12.8 Å². The number of benzene rings is 2. The van der Waals surface area contributed by atoms with E-state index in [0.29, 0.717) is 46.9 Å². The Morgan fingerprint density at radius 1 is 0.943 bits per heavy atom. The fourth-order valence-electron chi connectivity index (χ4n) is 7.20. The molecule has 3 aromatic rings. The lowest BCUT2D eigenvalue weighted by Gasteiger charge is -2.40. The zero-order valence-electron chi connectivity index (χ0n) is 31.0. The lowest BCUT2D eigenvalue weighted by atomic mass is 9.80. The zero-order chi connectivity index (χ0) is 38.0. The first-order valence-electron chi connectivity index (χ1n) is 18.3. The molecule has 3 fully saturated rings. The summed E-state index contributed by atoms with van der Waals surface area (Å²) in [6.45, 7) is 9.84. The van der Waals surface area contributed by atoms with Gasteiger partial charge >= 0.3 is 6.09 Å². The van der Waals surface area contributed by atoms with Crippen LogP contribution < -0.4 is 15.0 Å². The standard InChI is InChI=1S/C40H48Cl3N5O5/c1-24-16-33(42)37(34(43)17-24)52-29-12-14-46(22-29)35-11-7-26(20-45-35)30-13-15-47(39(51)53-40(2,3)4)23-31(30)38(50)48(28-8-9-28)21-27-18-25(6-10-32(27)41)19-36(49)44-5/h6-7,10-11,16-18,20,28-31H,8-9,12-15,19,21-23H2,1-5H3,(H,44,49)/t29-,30?,31?/m0/s1. The predicted molar refractivity (Wildman–Crippen MR) is 208 cm³/mol. The van der Waals surface area contributed by atoms with Crippen molar-refractivity contribution in [2.75, 3.05) is 38.1 Å². The molecule has 1 aliphatic carbocycles. The van der Waals surface area contributed by atoms with Crippen molar-refractivity contribution in [3.8, 4) is 5.75 Å². The summed E-state index contributed by atoms with van der Waals surface area (Å²) in [5, 5.41) is 4.19. The van der Waals surface area contributed by atoms with Crippen LogP contribution in [0.15, 0.2) is 48.7 Å². The maximum absolute atomic E-state index is 14.7. The summed E-state index contributed by atoms with van der Waals surface area (Å²) < 4.78 is 12.0. The molecule has 13 heteroatoms. The largest absolute Gasteiger partial charge is 0.485 e. The maximum Gasteiger partial charge on any atom is 0.410 e. The monoisotopic (exact) mass is 783 g/mol. The van der Waals surface area contributed by atoms with Gasteiger partial charge in [-0.2, -0.15) is 0 Å². The highest BCUT2D eigenvalue weighted by atomic mass is 35.5. The molecule has 2 saturated heterocycles. The van der Waals surface area contributed by atoms with E-state index in [0.717, 1.165) is 53.9 Å². The maximum atomic E-state index is 14.7. The number of likely N-dealkylation sites (tertiary alicyclic amines) is 1. The van der Waals surface area contributed by atoms with Gasteiger partial charge in [-0.3, -0.25) is 9.59 Å². The van der Waals surface area contributed by atoms with Gasteiger partial charge in [0.1, 0.15) is 17.5 Å². The number of hydrogen-bond donors (Lipinski definition) is 1. The van der Waals surface area contributed by atoms with Crippen molar-refractivity contribution >= 4 is 58.5 Å². The smallest absolute Gasteiger partial charge is 0.410 e. The molecule has 0 bridgehead atoms. The number of amides is 3. The summed E-state index contributed by atoms with van der Waals surface area (Å²) in [5.74, 6) is 0.499. The topological polar surface area (TPSA) is 104 Å².